The Hall–Kier alpha value is -0.460. The summed E-state index contributed by atoms with van der Waals surface area (Å²) >= 11 is 0. The van der Waals surface area contributed by atoms with Crippen LogP contribution in [0, 0.1) is 5.41 Å². The molecule has 1 heteroatoms. The molecule has 0 N–H and O–H groups in total. The second kappa shape index (κ2) is 2.54. The van der Waals surface area contributed by atoms with E-state index in [-0.39, 0.29) is 0 Å². The van der Waals surface area contributed by atoms with Crippen molar-refractivity contribution in [2.24, 2.45) is 5.41 Å². The molecule has 0 amide bonds. The van der Waals surface area contributed by atoms with Gasteiger partial charge in [-0.1, -0.05) is 20.4 Å². The summed E-state index contributed by atoms with van der Waals surface area (Å²) in [6.07, 6.45) is 2.44. The minimum absolute atomic E-state index is 0.454. The highest BCUT2D eigenvalue weighted by molar-refractivity contribution is 5.03. The molecule has 0 aliphatic carbocycles. The standard InChI is InChI=1S/C10H19N/c1-8-6-7-10(3,4)9(2)11(8)5/h9H,1,6-7H2,2-5H3. The van der Waals surface area contributed by atoms with Crippen LogP contribution >= 0.6 is 0 Å². The van der Waals surface area contributed by atoms with Crippen molar-refractivity contribution in [1.82, 2.24) is 4.90 Å². The molecule has 0 bridgehead atoms. The van der Waals surface area contributed by atoms with Gasteiger partial charge in [0, 0.05) is 18.8 Å². The minimum Gasteiger partial charge on any atom is -0.375 e. The molecule has 1 rings (SSSR count). The quantitative estimate of drug-likeness (QED) is 0.517. The molecular formula is C10H19N. The topological polar surface area (TPSA) is 3.24 Å². The lowest BCUT2D eigenvalue weighted by molar-refractivity contribution is 0.107. The Morgan fingerprint density at radius 1 is 1.55 bits per heavy atom. The predicted molar refractivity (Wildman–Crippen MR) is 49.4 cm³/mol. The first kappa shape index (κ1) is 8.63. The van der Waals surface area contributed by atoms with Crippen LogP contribution in [0.4, 0.5) is 0 Å². The molecule has 1 atom stereocenters. The molecule has 11 heavy (non-hydrogen) atoms. The largest absolute Gasteiger partial charge is 0.375 e. The number of hydrogen-bond acceptors (Lipinski definition) is 1. The van der Waals surface area contributed by atoms with Crippen molar-refractivity contribution in [1.29, 1.82) is 0 Å². The fraction of sp³-hybridized carbons (Fsp3) is 0.800. The molecule has 0 aromatic carbocycles. The zero-order valence-electron chi connectivity index (χ0n) is 8.15. The minimum atomic E-state index is 0.454. The van der Waals surface area contributed by atoms with Crippen LogP contribution in [0.3, 0.4) is 0 Å². The molecule has 1 aliphatic heterocycles. The second-order valence-electron chi connectivity index (χ2n) is 4.34. The number of piperidine rings is 1. The van der Waals surface area contributed by atoms with E-state index in [0.29, 0.717) is 11.5 Å². The van der Waals surface area contributed by atoms with Gasteiger partial charge in [0.2, 0.25) is 0 Å². The Morgan fingerprint density at radius 2 is 2.09 bits per heavy atom. The smallest absolute Gasteiger partial charge is 0.0306 e. The highest BCUT2D eigenvalue weighted by Crippen LogP contribution is 2.37. The van der Waals surface area contributed by atoms with Gasteiger partial charge < -0.3 is 4.90 Å². The Kier molecular flexibility index (Phi) is 2.00. The van der Waals surface area contributed by atoms with E-state index in [0.717, 1.165) is 6.42 Å². The van der Waals surface area contributed by atoms with E-state index < -0.39 is 0 Å². The molecule has 1 nitrogen and oxygen atoms in total. The van der Waals surface area contributed by atoms with Crippen molar-refractivity contribution in [3.8, 4) is 0 Å². The number of allylic oxidation sites excluding steroid dienone is 1. The summed E-state index contributed by atoms with van der Waals surface area (Å²) in [5.41, 5.74) is 1.74. The lowest BCUT2D eigenvalue weighted by Crippen LogP contribution is -2.44. The van der Waals surface area contributed by atoms with Gasteiger partial charge in [-0.25, -0.2) is 0 Å². The van der Waals surface area contributed by atoms with Gasteiger partial charge in [0.1, 0.15) is 0 Å². The van der Waals surface area contributed by atoms with Crippen molar-refractivity contribution in [3.63, 3.8) is 0 Å². The van der Waals surface area contributed by atoms with E-state index >= 15 is 0 Å². The van der Waals surface area contributed by atoms with Gasteiger partial charge in [-0.15, -0.1) is 0 Å². The Morgan fingerprint density at radius 3 is 2.55 bits per heavy atom. The van der Waals surface area contributed by atoms with E-state index in [9.17, 15) is 0 Å². The predicted octanol–water partition coefficient (Wildman–Crippen LogP) is 2.64. The molecular weight excluding hydrogens is 134 g/mol. The number of nitrogens with zero attached hydrogens (tertiary/aromatic N) is 1. The van der Waals surface area contributed by atoms with Gasteiger partial charge in [0.25, 0.3) is 0 Å². The van der Waals surface area contributed by atoms with Crippen LogP contribution in [-0.4, -0.2) is 18.0 Å². The normalized spacial score (nSPS) is 30.7. The summed E-state index contributed by atoms with van der Waals surface area (Å²) in [5.74, 6) is 0. The van der Waals surface area contributed by atoms with Gasteiger partial charge in [-0.05, 0) is 25.2 Å². The first-order valence-corrected chi connectivity index (χ1v) is 4.36. The first-order chi connectivity index (χ1) is 4.95. The van der Waals surface area contributed by atoms with Crippen LogP contribution in [0.2, 0.25) is 0 Å². The summed E-state index contributed by atoms with van der Waals surface area (Å²) in [4.78, 5) is 2.31. The average molecular weight is 153 g/mol. The van der Waals surface area contributed by atoms with Crippen molar-refractivity contribution in [2.45, 2.75) is 39.7 Å². The fourth-order valence-corrected chi connectivity index (χ4v) is 1.65. The molecule has 0 saturated carbocycles. The third-order valence-corrected chi connectivity index (χ3v) is 3.27. The van der Waals surface area contributed by atoms with Gasteiger partial charge in [0.15, 0.2) is 0 Å². The molecule has 0 aromatic heterocycles. The van der Waals surface area contributed by atoms with Crippen molar-refractivity contribution >= 4 is 0 Å². The molecule has 64 valence electrons. The van der Waals surface area contributed by atoms with Crippen LogP contribution in [0.15, 0.2) is 12.3 Å². The molecule has 1 aliphatic rings. The van der Waals surface area contributed by atoms with E-state index in [1.54, 1.807) is 0 Å². The molecule has 1 saturated heterocycles. The maximum atomic E-state index is 4.04. The molecule has 0 aromatic rings. The van der Waals surface area contributed by atoms with Crippen LogP contribution in [0.25, 0.3) is 0 Å². The number of likely N-dealkylation sites (tertiary alicyclic amines) is 1. The maximum Gasteiger partial charge on any atom is 0.0306 e. The summed E-state index contributed by atoms with van der Waals surface area (Å²) < 4.78 is 0. The Labute approximate surface area is 70.1 Å². The summed E-state index contributed by atoms with van der Waals surface area (Å²) in [5, 5.41) is 0. The van der Waals surface area contributed by atoms with Crippen LogP contribution in [0.1, 0.15) is 33.6 Å². The van der Waals surface area contributed by atoms with Gasteiger partial charge >= 0.3 is 0 Å². The third-order valence-electron chi connectivity index (χ3n) is 3.27. The second-order valence-corrected chi connectivity index (χ2v) is 4.34. The van der Waals surface area contributed by atoms with Crippen molar-refractivity contribution in [2.75, 3.05) is 7.05 Å². The monoisotopic (exact) mass is 153 g/mol. The van der Waals surface area contributed by atoms with E-state index in [1.807, 2.05) is 0 Å². The first-order valence-electron chi connectivity index (χ1n) is 4.36. The summed E-state index contributed by atoms with van der Waals surface area (Å²) in [7, 11) is 2.15. The zero-order valence-corrected chi connectivity index (χ0v) is 8.15. The van der Waals surface area contributed by atoms with Gasteiger partial charge in [0.05, 0.1) is 0 Å². The molecule has 1 heterocycles. The van der Waals surface area contributed by atoms with Crippen LogP contribution in [-0.2, 0) is 0 Å². The lowest BCUT2D eigenvalue weighted by Gasteiger charge is -2.45. The molecule has 0 radical (unpaired) electrons. The third kappa shape index (κ3) is 1.42. The Bertz CT molecular complexity index is 170. The van der Waals surface area contributed by atoms with Crippen LogP contribution < -0.4 is 0 Å². The van der Waals surface area contributed by atoms with Gasteiger partial charge in [-0.2, -0.15) is 0 Å². The highest BCUT2D eigenvalue weighted by Gasteiger charge is 2.33. The average Bonchev–Trinajstić information content (AvgIpc) is 1.95. The molecule has 1 fully saturated rings. The van der Waals surface area contributed by atoms with E-state index in [1.165, 1.54) is 12.1 Å². The lowest BCUT2D eigenvalue weighted by atomic mass is 9.77. The van der Waals surface area contributed by atoms with Crippen molar-refractivity contribution in [3.05, 3.63) is 12.3 Å². The van der Waals surface area contributed by atoms with Crippen molar-refractivity contribution < 1.29 is 0 Å². The summed E-state index contributed by atoms with van der Waals surface area (Å²) in [6.45, 7) is 11.0. The van der Waals surface area contributed by atoms with Crippen LogP contribution in [0.5, 0.6) is 0 Å². The van der Waals surface area contributed by atoms with E-state index in [2.05, 4.69) is 39.3 Å². The SMILES string of the molecule is C=C1CCC(C)(C)C(C)N1C. The van der Waals surface area contributed by atoms with Gasteiger partial charge in [-0.3, -0.25) is 0 Å². The highest BCUT2D eigenvalue weighted by atomic mass is 15.2. The number of rotatable bonds is 0. The van der Waals surface area contributed by atoms with E-state index in [4.69, 9.17) is 0 Å². The maximum absolute atomic E-state index is 4.04. The molecule has 0 spiro atoms. The fourth-order valence-electron chi connectivity index (χ4n) is 1.65. The Balaban J connectivity index is 2.75. The number of hydrogen-bond donors (Lipinski definition) is 0. The molecule has 1 unspecified atom stereocenters. The zero-order chi connectivity index (χ0) is 8.65. The summed E-state index contributed by atoms with van der Waals surface area (Å²) in [6, 6.07) is 0.628.